The summed E-state index contributed by atoms with van der Waals surface area (Å²) in [5.74, 6) is -0.382. The highest BCUT2D eigenvalue weighted by Gasteiger charge is 2.17. The summed E-state index contributed by atoms with van der Waals surface area (Å²) in [6.45, 7) is 0. The summed E-state index contributed by atoms with van der Waals surface area (Å²) < 4.78 is 1.92. The third-order valence-electron chi connectivity index (χ3n) is 5.01. The van der Waals surface area contributed by atoms with Gasteiger partial charge in [0.25, 0.3) is 11.6 Å². The van der Waals surface area contributed by atoms with Gasteiger partial charge in [0.15, 0.2) is 0 Å². The molecule has 0 saturated carbocycles. The number of carbonyl (C=O) groups is 2. The third kappa shape index (κ3) is 4.18. The van der Waals surface area contributed by atoms with E-state index in [2.05, 4.69) is 10.3 Å². The average Bonchev–Trinajstić information content (AvgIpc) is 3.21. The highest BCUT2D eigenvalue weighted by molar-refractivity contribution is 6.05. The van der Waals surface area contributed by atoms with Gasteiger partial charge in [0.1, 0.15) is 6.29 Å². The molecule has 1 amide bonds. The molecule has 154 valence electrons. The lowest BCUT2D eigenvalue weighted by Gasteiger charge is -2.18. The van der Waals surface area contributed by atoms with Crippen molar-refractivity contribution in [2.75, 3.05) is 5.32 Å². The number of anilines is 1. The van der Waals surface area contributed by atoms with Crippen LogP contribution in [-0.4, -0.2) is 26.7 Å². The molecule has 8 heteroatoms. The van der Waals surface area contributed by atoms with E-state index in [-0.39, 0.29) is 24.1 Å². The number of fused-ring (bicyclic) bond motifs is 1. The maximum atomic E-state index is 12.6. The van der Waals surface area contributed by atoms with Gasteiger partial charge in [0.05, 0.1) is 28.3 Å². The number of imidazole rings is 1. The van der Waals surface area contributed by atoms with E-state index in [1.54, 1.807) is 24.5 Å². The van der Waals surface area contributed by atoms with Crippen molar-refractivity contribution < 1.29 is 14.5 Å². The first kappa shape index (κ1) is 20.0. The second-order valence-corrected chi connectivity index (χ2v) is 6.94. The van der Waals surface area contributed by atoms with Crippen LogP contribution in [0.4, 0.5) is 11.4 Å². The number of aldehydes is 1. The van der Waals surface area contributed by atoms with Crippen LogP contribution in [0.1, 0.15) is 28.4 Å². The van der Waals surface area contributed by atoms with Gasteiger partial charge in [-0.1, -0.05) is 30.3 Å². The Labute approximate surface area is 177 Å². The second kappa shape index (κ2) is 8.58. The van der Waals surface area contributed by atoms with Crippen LogP contribution in [0.25, 0.3) is 11.0 Å². The van der Waals surface area contributed by atoms with Crippen molar-refractivity contribution in [1.29, 1.82) is 0 Å². The zero-order valence-corrected chi connectivity index (χ0v) is 16.3. The Morgan fingerprint density at radius 2 is 1.84 bits per heavy atom. The SMILES string of the molecule is O=CCC(c1ccccc1)n1cnc2ccc(NC(=O)c3ccc([N+](=O)[O-])cc3)cc21. The zero-order valence-electron chi connectivity index (χ0n) is 16.3. The molecular weight excluding hydrogens is 396 g/mol. The van der Waals surface area contributed by atoms with Crippen molar-refractivity contribution in [3.8, 4) is 0 Å². The smallest absolute Gasteiger partial charge is 0.269 e. The lowest BCUT2D eigenvalue weighted by Crippen LogP contribution is -2.13. The molecule has 1 atom stereocenters. The molecule has 0 aliphatic heterocycles. The number of non-ortho nitro benzene ring substituents is 1. The Kier molecular flexibility index (Phi) is 5.53. The molecule has 1 unspecified atom stereocenters. The molecule has 1 heterocycles. The van der Waals surface area contributed by atoms with Crippen molar-refractivity contribution in [2.45, 2.75) is 12.5 Å². The van der Waals surface area contributed by atoms with Crippen LogP contribution in [0.2, 0.25) is 0 Å². The predicted octanol–water partition coefficient (Wildman–Crippen LogP) is 4.38. The molecule has 4 aromatic rings. The van der Waals surface area contributed by atoms with E-state index in [1.165, 1.54) is 24.3 Å². The third-order valence-corrected chi connectivity index (χ3v) is 5.01. The van der Waals surface area contributed by atoms with Gasteiger partial charge in [-0.05, 0) is 35.9 Å². The second-order valence-electron chi connectivity index (χ2n) is 6.94. The van der Waals surface area contributed by atoms with Crippen LogP contribution in [0, 0.1) is 10.1 Å². The number of rotatable bonds is 7. The first-order valence-electron chi connectivity index (χ1n) is 9.58. The molecule has 0 bridgehead atoms. The van der Waals surface area contributed by atoms with E-state index in [0.29, 0.717) is 11.3 Å². The maximum absolute atomic E-state index is 12.6. The Balaban J connectivity index is 1.64. The van der Waals surface area contributed by atoms with Crippen LogP contribution in [0.15, 0.2) is 79.1 Å². The standard InChI is InChI=1S/C23H18N4O4/c28-13-12-21(16-4-2-1-3-5-16)26-15-24-20-11-8-18(14-22(20)26)25-23(29)17-6-9-19(10-7-17)27(30)31/h1-11,13-15,21H,12H2,(H,25,29). The number of nitro groups is 1. The monoisotopic (exact) mass is 414 g/mol. The topological polar surface area (TPSA) is 107 Å². The predicted molar refractivity (Wildman–Crippen MR) is 116 cm³/mol. The molecule has 8 nitrogen and oxygen atoms in total. The van der Waals surface area contributed by atoms with Gasteiger partial charge in [-0.2, -0.15) is 0 Å². The van der Waals surface area contributed by atoms with Gasteiger partial charge in [0, 0.05) is 29.8 Å². The summed E-state index contributed by atoms with van der Waals surface area (Å²) in [7, 11) is 0. The lowest BCUT2D eigenvalue weighted by molar-refractivity contribution is -0.384. The fourth-order valence-corrected chi connectivity index (χ4v) is 3.47. The van der Waals surface area contributed by atoms with Crippen LogP contribution >= 0.6 is 0 Å². The minimum absolute atomic E-state index is 0.0796. The van der Waals surface area contributed by atoms with Crippen molar-refractivity contribution >= 4 is 34.6 Å². The zero-order chi connectivity index (χ0) is 21.8. The molecular formula is C23H18N4O4. The molecule has 1 N–H and O–H groups in total. The number of amides is 1. The molecule has 0 fully saturated rings. The van der Waals surface area contributed by atoms with E-state index in [1.807, 2.05) is 34.9 Å². The van der Waals surface area contributed by atoms with E-state index < -0.39 is 4.92 Å². The van der Waals surface area contributed by atoms with E-state index in [9.17, 15) is 19.7 Å². The minimum Gasteiger partial charge on any atom is -0.322 e. The summed E-state index contributed by atoms with van der Waals surface area (Å²) in [5, 5.41) is 13.6. The molecule has 31 heavy (non-hydrogen) atoms. The number of nitrogens with zero attached hydrogens (tertiary/aromatic N) is 3. The van der Waals surface area contributed by atoms with Crippen molar-refractivity contribution in [2.24, 2.45) is 0 Å². The van der Waals surface area contributed by atoms with Crippen molar-refractivity contribution in [1.82, 2.24) is 9.55 Å². The van der Waals surface area contributed by atoms with Gasteiger partial charge in [0.2, 0.25) is 0 Å². The number of hydrogen-bond acceptors (Lipinski definition) is 5. The number of benzene rings is 3. The van der Waals surface area contributed by atoms with Gasteiger partial charge < -0.3 is 14.7 Å². The van der Waals surface area contributed by atoms with E-state index in [4.69, 9.17) is 0 Å². The van der Waals surface area contributed by atoms with Gasteiger partial charge in [-0.25, -0.2) is 4.98 Å². The average molecular weight is 414 g/mol. The fraction of sp³-hybridized carbons (Fsp3) is 0.0870. The first-order valence-corrected chi connectivity index (χ1v) is 9.58. The molecule has 0 aliphatic rings. The number of hydrogen-bond donors (Lipinski definition) is 1. The summed E-state index contributed by atoms with van der Waals surface area (Å²) >= 11 is 0. The summed E-state index contributed by atoms with van der Waals surface area (Å²) in [6.07, 6.45) is 2.85. The molecule has 0 radical (unpaired) electrons. The Morgan fingerprint density at radius 1 is 1.10 bits per heavy atom. The number of carbonyl (C=O) groups excluding carboxylic acids is 2. The summed E-state index contributed by atoms with van der Waals surface area (Å²) in [6, 6.07) is 20.2. The minimum atomic E-state index is -0.515. The lowest BCUT2D eigenvalue weighted by atomic mass is 10.0. The van der Waals surface area contributed by atoms with Crippen molar-refractivity contribution in [3.63, 3.8) is 0 Å². The molecule has 3 aromatic carbocycles. The van der Waals surface area contributed by atoms with Crippen LogP contribution in [0.3, 0.4) is 0 Å². The fourth-order valence-electron chi connectivity index (χ4n) is 3.47. The van der Waals surface area contributed by atoms with Gasteiger partial charge >= 0.3 is 0 Å². The summed E-state index contributed by atoms with van der Waals surface area (Å²) in [5.41, 5.74) is 3.27. The number of aromatic nitrogens is 2. The quantitative estimate of drug-likeness (QED) is 0.274. The van der Waals surface area contributed by atoms with Crippen molar-refractivity contribution in [3.05, 3.63) is 100 Å². The Bertz CT molecular complexity index is 1250. The van der Waals surface area contributed by atoms with Gasteiger partial charge in [-0.15, -0.1) is 0 Å². The van der Waals surface area contributed by atoms with Gasteiger partial charge in [-0.3, -0.25) is 14.9 Å². The maximum Gasteiger partial charge on any atom is 0.269 e. The van der Waals surface area contributed by atoms with Crippen LogP contribution in [0.5, 0.6) is 0 Å². The highest BCUT2D eigenvalue weighted by atomic mass is 16.6. The number of nitro benzene ring substituents is 1. The van der Waals surface area contributed by atoms with E-state index in [0.717, 1.165) is 22.9 Å². The van der Waals surface area contributed by atoms with Crippen LogP contribution < -0.4 is 5.32 Å². The first-order chi connectivity index (χ1) is 15.1. The highest BCUT2D eigenvalue weighted by Crippen LogP contribution is 2.27. The molecule has 4 rings (SSSR count). The normalized spacial score (nSPS) is 11.7. The van der Waals surface area contributed by atoms with E-state index >= 15 is 0 Å². The van der Waals surface area contributed by atoms with Crippen LogP contribution in [-0.2, 0) is 4.79 Å². The Morgan fingerprint density at radius 3 is 2.52 bits per heavy atom. The number of nitrogens with one attached hydrogen (secondary N) is 1. The molecule has 0 saturated heterocycles. The molecule has 0 spiro atoms. The summed E-state index contributed by atoms with van der Waals surface area (Å²) in [4.78, 5) is 38.6. The largest absolute Gasteiger partial charge is 0.322 e. The molecule has 1 aromatic heterocycles. The Hall–Kier alpha value is -4.33. The molecule has 0 aliphatic carbocycles.